The van der Waals surface area contributed by atoms with Crippen molar-refractivity contribution in [1.29, 1.82) is 0 Å². The molecule has 2 heterocycles. The Hall–Kier alpha value is -1.49. The maximum atomic E-state index is 9.00. The Morgan fingerprint density at radius 2 is 2.17 bits per heavy atom. The van der Waals surface area contributed by atoms with Crippen molar-refractivity contribution in [3.05, 3.63) is 12.4 Å². The number of hydrogen-bond acceptors (Lipinski definition) is 4. The van der Waals surface area contributed by atoms with E-state index < -0.39 is 0 Å². The molecule has 0 aliphatic rings. The van der Waals surface area contributed by atoms with E-state index in [4.69, 9.17) is 10.8 Å². The molecule has 0 aliphatic heterocycles. The van der Waals surface area contributed by atoms with Crippen LogP contribution in [0.5, 0.6) is 5.88 Å². The molecule has 5 nitrogen and oxygen atoms in total. The summed E-state index contributed by atoms with van der Waals surface area (Å²) in [7, 11) is 0. The summed E-state index contributed by atoms with van der Waals surface area (Å²) in [6, 6.07) is 1.49. The third-order valence-corrected chi connectivity index (χ3v) is 1.43. The minimum Gasteiger partial charge on any atom is -0.495 e. The monoisotopic (exact) mass is 186 g/mol. The lowest BCUT2D eigenvalue weighted by atomic mass is 10.4. The van der Waals surface area contributed by atoms with Gasteiger partial charge in [-0.25, -0.2) is 9.97 Å². The van der Waals surface area contributed by atoms with Crippen molar-refractivity contribution >= 4 is 29.3 Å². The van der Waals surface area contributed by atoms with Crippen molar-refractivity contribution in [2.24, 2.45) is 0 Å². The summed E-state index contributed by atoms with van der Waals surface area (Å²) in [6.45, 7) is 0. The van der Waals surface area contributed by atoms with Gasteiger partial charge in [0.15, 0.2) is 11.7 Å². The normalized spacial score (nSPS) is 9.67. The van der Waals surface area contributed by atoms with Crippen LogP contribution in [0, 0.1) is 0 Å². The molecule has 0 spiro atoms. The van der Waals surface area contributed by atoms with Crippen molar-refractivity contribution in [3.63, 3.8) is 0 Å². The topological polar surface area (TPSA) is 87.8 Å². The third-order valence-electron chi connectivity index (χ3n) is 1.43. The third kappa shape index (κ3) is 1.14. The molecule has 0 atom stereocenters. The largest absolute Gasteiger partial charge is 0.495 e. The lowest BCUT2D eigenvalue weighted by Crippen LogP contribution is -1.91. The summed E-state index contributed by atoms with van der Waals surface area (Å²) in [6.07, 6.45) is 1.35. The van der Waals surface area contributed by atoms with E-state index >= 15 is 0 Å². The Kier molecular flexibility index (Phi) is 2.05. The summed E-state index contributed by atoms with van der Waals surface area (Å²) < 4.78 is 0. The number of hydrogen-bond donors (Lipinski definition) is 3. The van der Waals surface area contributed by atoms with Crippen LogP contribution in [0.15, 0.2) is 12.4 Å². The molecule has 0 radical (unpaired) electrons. The molecule has 0 saturated heterocycles. The highest BCUT2D eigenvalue weighted by atomic mass is 35.5. The molecule has 0 amide bonds. The van der Waals surface area contributed by atoms with Gasteiger partial charge in [-0.15, -0.1) is 12.4 Å². The molecular weight excluding hydrogens is 180 g/mol. The number of aromatic hydroxyl groups is 1. The van der Waals surface area contributed by atoms with Gasteiger partial charge in [0.2, 0.25) is 0 Å². The van der Waals surface area contributed by atoms with Crippen molar-refractivity contribution in [3.8, 4) is 5.88 Å². The number of nitrogen functional groups attached to an aromatic ring is 1. The number of H-pyrrole nitrogens is 1. The van der Waals surface area contributed by atoms with Crippen LogP contribution in [-0.2, 0) is 0 Å². The van der Waals surface area contributed by atoms with Gasteiger partial charge in [-0.1, -0.05) is 0 Å². The average molecular weight is 187 g/mol. The average Bonchev–Trinajstić information content (AvgIpc) is 2.31. The first-order valence-corrected chi connectivity index (χ1v) is 3.05. The van der Waals surface area contributed by atoms with E-state index in [0.717, 1.165) is 0 Å². The summed E-state index contributed by atoms with van der Waals surface area (Å²) in [5.74, 6) is 0.391. The molecule has 4 N–H and O–H groups in total. The Morgan fingerprint density at radius 3 is 2.83 bits per heavy atom. The molecule has 0 aliphatic carbocycles. The Bertz CT molecular complexity index is 399. The van der Waals surface area contributed by atoms with E-state index in [-0.39, 0.29) is 18.3 Å². The number of halogens is 1. The molecule has 0 fully saturated rings. The van der Waals surface area contributed by atoms with Crippen LogP contribution in [-0.4, -0.2) is 20.1 Å². The molecule has 64 valence electrons. The van der Waals surface area contributed by atoms with E-state index in [1.807, 2.05) is 0 Å². The zero-order valence-corrected chi connectivity index (χ0v) is 6.80. The summed E-state index contributed by atoms with van der Waals surface area (Å²) in [5.41, 5.74) is 6.67. The van der Waals surface area contributed by atoms with Crippen LogP contribution in [0.4, 0.5) is 5.82 Å². The Morgan fingerprint density at radius 1 is 1.42 bits per heavy atom. The molecule has 0 bridgehead atoms. The van der Waals surface area contributed by atoms with E-state index in [0.29, 0.717) is 16.9 Å². The fraction of sp³-hybridized carbons (Fsp3) is 0. The standard InChI is InChI=1S/C6H6N4O.ClH/c7-6-5-3(8-2-9-6)1-4(11)10-5;/h1-2,10-11H,(H2,7,8,9);1H. The molecule has 0 saturated carbocycles. The van der Waals surface area contributed by atoms with Gasteiger partial charge in [0, 0.05) is 6.07 Å². The number of aromatic amines is 1. The lowest BCUT2D eigenvalue weighted by Gasteiger charge is -1.90. The predicted octanol–water partition coefficient (Wildman–Crippen LogP) is 0.667. The first-order chi connectivity index (χ1) is 5.27. The highest BCUT2D eigenvalue weighted by molar-refractivity contribution is 5.85. The van der Waals surface area contributed by atoms with Crippen LogP contribution in [0.1, 0.15) is 0 Å². The highest BCUT2D eigenvalue weighted by Gasteiger charge is 2.02. The number of anilines is 1. The number of nitrogens with zero attached hydrogens (tertiary/aromatic N) is 2. The van der Waals surface area contributed by atoms with Crippen molar-refractivity contribution in [1.82, 2.24) is 15.0 Å². The molecule has 2 aromatic heterocycles. The summed E-state index contributed by atoms with van der Waals surface area (Å²) in [5, 5.41) is 9.00. The van der Waals surface area contributed by atoms with Gasteiger partial charge in [0.25, 0.3) is 0 Å². The lowest BCUT2D eigenvalue weighted by molar-refractivity contribution is 0.458. The maximum absolute atomic E-state index is 9.00. The molecule has 0 unspecified atom stereocenters. The zero-order chi connectivity index (χ0) is 7.84. The second-order valence-electron chi connectivity index (χ2n) is 2.17. The number of aromatic nitrogens is 3. The second kappa shape index (κ2) is 2.86. The van der Waals surface area contributed by atoms with Crippen molar-refractivity contribution in [2.75, 3.05) is 5.73 Å². The zero-order valence-electron chi connectivity index (χ0n) is 5.98. The fourth-order valence-electron chi connectivity index (χ4n) is 0.945. The number of rotatable bonds is 0. The maximum Gasteiger partial charge on any atom is 0.191 e. The minimum absolute atomic E-state index is 0. The first-order valence-electron chi connectivity index (χ1n) is 3.05. The van der Waals surface area contributed by atoms with E-state index in [2.05, 4.69) is 15.0 Å². The molecule has 6 heteroatoms. The van der Waals surface area contributed by atoms with Crippen LogP contribution >= 0.6 is 12.4 Å². The number of nitrogens with two attached hydrogens (primary N) is 1. The number of nitrogens with one attached hydrogen (secondary N) is 1. The molecule has 0 aromatic carbocycles. The van der Waals surface area contributed by atoms with Crippen LogP contribution in [0.25, 0.3) is 11.0 Å². The molecular formula is C6H7ClN4O. The summed E-state index contributed by atoms with van der Waals surface area (Å²) >= 11 is 0. The van der Waals surface area contributed by atoms with Gasteiger partial charge in [-0.05, 0) is 0 Å². The van der Waals surface area contributed by atoms with E-state index in [9.17, 15) is 0 Å². The van der Waals surface area contributed by atoms with Gasteiger partial charge in [0.1, 0.15) is 11.8 Å². The van der Waals surface area contributed by atoms with Crippen LogP contribution < -0.4 is 5.73 Å². The van der Waals surface area contributed by atoms with Crippen molar-refractivity contribution < 1.29 is 5.11 Å². The van der Waals surface area contributed by atoms with Crippen LogP contribution in [0.2, 0.25) is 0 Å². The predicted molar refractivity (Wildman–Crippen MR) is 47.2 cm³/mol. The molecule has 2 aromatic rings. The Balaban J connectivity index is 0.000000720. The quantitative estimate of drug-likeness (QED) is 0.564. The summed E-state index contributed by atoms with van der Waals surface area (Å²) in [4.78, 5) is 10.3. The SMILES string of the molecule is Cl.Nc1ncnc2cc(O)[nH]c12. The fourth-order valence-corrected chi connectivity index (χ4v) is 0.945. The van der Waals surface area contributed by atoms with Gasteiger partial charge < -0.3 is 15.8 Å². The first kappa shape index (κ1) is 8.61. The smallest absolute Gasteiger partial charge is 0.191 e. The van der Waals surface area contributed by atoms with Gasteiger partial charge >= 0.3 is 0 Å². The van der Waals surface area contributed by atoms with Gasteiger partial charge in [-0.3, -0.25) is 0 Å². The van der Waals surface area contributed by atoms with Gasteiger partial charge in [-0.2, -0.15) is 0 Å². The van der Waals surface area contributed by atoms with E-state index in [1.54, 1.807) is 0 Å². The van der Waals surface area contributed by atoms with Gasteiger partial charge in [0.05, 0.1) is 5.52 Å². The number of fused-ring (bicyclic) bond motifs is 1. The second-order valence-corrected chi connectivity index (χ2v) is 2.17. The van der Waals surface area contributed by atoms with Crippen LogP contribution in [0.3, 0.4) is 0 Å². The Labute approximate surface area is 74.0 Å². The molecule has 2 rings (SSSR count). The minimum atomic E-state index is 0. The van der Waals surface area contributed by atoms with Crippen molar-refractivity contribution in [2.45, 2.75) is 0 Å². The van der Waals surface area contributed by atoms with E-state index in [1.165, 1.54) is 12.4 Å². The molecule has 12 heavy (non-hydrogen) atoms. The highest BCUT2D eigenvalue weighted by Crippen LogP contribution is 2.19.